The molecule has 1 aromatic rings. The molecule has 1 aliphatic rings. The average Bonchev–Trinajstić information content (AvgIpc) is 2.40. The summed E-state index contributed by atoms with van der Waals surface area (Å²) in [6.07, 6.45) is 2.61. The Morgan fingerprint density at radius 2 is 2.17 bits per heavy atom. The van der Waals surface area contributed by atoms with Gasteiger partial charge in [-0.15, -0.1) is 5.59 Å². The third-order valence-electron chi connectivity index (χ3n) is 3.05. The molecular formula is C13H18N2O3. The number of hydrazine groups is 1. The number of benzene rings is 1. The Kier molecular flexibility index (Phi) is 4.69. The molecule has 0 bridgehead atoms. The molecule has 2 N–H and O–H groups in total. The summed E-state index contributed by atoms with van der Waals surface area (Å²) in [5, 5.41) is 10.7. The summed E-state index contributed by atoms with van der Waals surface area (Å²) in [5.74, 6) is -0.800. The number of nitrogens with one attached hydrogen (secondary N) is 1. The van der Waals surface area contributed by atoms with Crippen molar-refractivity contribution in [3.05, 3.63) is 35.9 Å². The first-order valence-corrected chi connectivity index (χ1v) is 6.18. The Bertz CT molecular complexity index is 383. The minimum absolute atomic E-state index is 0.420. The average molecular weight is 250 g/mol. The molecule has 0 unspecified atom stereocenters. The second kappa shape index (κ2) is 6.49. The Balaban J connectivity index is 1.79. The standard InChI is InChI=1S/C13H18N2O3/c16-13(17)12-8-4-5-9-15(12)14-18-10-11-6-2-1-3-7-11/h1-3,6-7,12,14H,4-5,8-10H2,(H,16,17)/t12-/m1/s1. The highest BCUT2D eigenvalue weighted by Gasteiger charge is 2.28. The zero-order valence-corrected chi connectivity index (χ0v) is 10.2. The van der Waals surface area contributed by atoms with Gasteiger partial charge in [0, 0.05) is 6.54 Å². The minimum atomic E-state index is -0.800. The van der Waals surface area contributed by atoms with Crippen molar-refractivity contribution in [1.29, 1.82) is 0 Å². The number of rotatable bonds is 5. The predicted octanol–water partition coefficient (Wildman–Crippen LogP) is 1.56. The number of nitrogens with zero attached hydrogens (tertiary/aromatic N) is 1. The Labute approximate surface area is 106 Å². The molecule has 98 valence electrons. The molecule has 1 aliphatic heterocycles. The van der Waals surface area contributed by atoms with Crippen LogP contribution in [-0.2, 0) is 16.2 Å². The summed E-state index contributed by atoms with van der Waals surface area (Å²) in [6, 6.07) is 9.27. The van der Waals surface area contributed by atoms with Crippen LogP contribution >= 0.6 is 0 Å². The van der Waals surface area contributed by atoms with Gasteiger partial charge < -0.3 is 5.11 Å². The van der Waals surface area contributed by atoms with Crippen molar-refractivity contribution in [1.82, 2.24) is 10.6 Å². The van der Waals surface area contributed by atoms with Crippen molar-refractivity contribution >= 4 is 5.97 Å². The van der Waals surface area contributed by atoms with Crippen LogP contribution in [0.2, 0.25) is 0 Å². The molecule has 18 heavy (non-hydrogen) atoms. The largest absolute Gasteiger partial charge is 0.480 e. The van der Waals surface area contributed by atoms with Gasteiger partial charge >= 0.3 is 5.97 Å². The fraction of sp³-hybridized carbons (Fsp3) is 0.462. The molecule has 1 atom stereocenters. The number of aliphatic carboxylic acids is 1. The summed E-state index contributed by atoms with van der Waals surface area (Å²) in [4.78, 5) is 16.4. The number of hydrogen-bond donors (Lipinski definition) is 2. The maximum Gasteiger partial charge on any atom is 0.322 e. The Morgan fingerprint density at radius 3 is 2.89 bits per heavy atom. The Hall–Kier alpha value is -1.43. The van der Waals surface area contributed by atoms with E-state index in [1.165, 1.54) is 0 Å². The van der Waals surface area contributed by atoms with Gasteiger partial charge in [-0.3, -0.25) is 9.63 Å². The van der Waals surface area contributed by atoms with Gasteiger partial charge in [0.05, 0.1) is 6.61 Å². The van der Waals surface area contributed by atoms with E-state index in [1.807, 2.05) is 30.3 Å². The van der Waals surface area contributed by atoms with E-state index in [-0.39, 0.29) is 0 Å². The number of hydrogen-bond acceptors (Lipinski definition) is 4. The van der Waals surface area contributed by atoms with Crippen molar-refractivity contribution in [2.75, 3.05) is 6.54 Å². The van der Waals surface area contributed by atoms with E-state index in [1.54, 1.807) is 5.01 Å². The lowest BCUT2D eigenvalue weighted by Gasteiger charge is -2.32. The summed E-state index contributed by atoms with van der Waals surface area (Å²) in [5.41, 5.74) is 3.80. The number of carboxylic acids is 1. The monoisotopic (exact) mass is 250 g/mol. The van der Waals surface area contributed by atoms with Gasteiger partial charge in [0.1, 0.15) is 6.04 Å². The highest BCUT2D eigenvalue weighted by molar-refractivity contribution is 5.73. The maximum absolute atomic E-state index is 11.1. The van der Waals surface area contributed by atoms with E-state index >= 15 is 0 Å². The zero-order chi connectivity index (χ0) is 12.8. The van der Waals surface area contributed by atoms with Crippen molar-refractivity contribution in [3.63, 3.8) is 0 Å². The van der Waals surface area contributed by atoms with Gasteiger partial charge in [-0.05, 0) is 24.8 Å². The van der Waals surface area contributed by atoms with Gasteiger partial charge in [0.2, 0.25) is 0 Å². The van der Waals surface area contributed by atoms with E-state index in [0.717, 1.165) is 18.4 Å². The molecule has 1 saturated heterocycles. The first-order chi connectivity index (χ1) is 8.77. The molecule has 2 rings (SSSR count). The summed E-state index contributed by atoms with van der Waals surface area (Å²) < 4.78 is 0. The van der Waals surface area contributed by atoms with Crippen LogP contribution in [0.1, 0.15) is 24.8 Å². The van der Waals surface area contributed by atoms with Crippen LogP contribution in [0.15, 0.2) is 30.3 Å². The maximum atomic E-state index is 11.1. The highest BCUT2D eigenvalue weighted by atomic mass is 16.7. The highest BCUT2D eigenvalue weighted by Crippen LogP contribution is 2.15. The van der Waals surface area contributed by atoms with Gasteiger partial charge in [-0.2, -0.15) is 0 Å². The second-order valence-electron chi connectivity index (χ2n) is 4.41. The molecule has 0 saturated carbocycles. The molecule has 0 aliphatic carbocycles. The SMILES string of the molecule is O=C(O)[C@H]1CCCCN1NOCc1ccccc1. The lowest BCUT2D eigenvalue weighted by molar-refractivity contribution is -0.162. The van der Waals surface area contributed by atoms with Gasteiger partial charge in [-0.1, -0.05) is 30.3 Å². The van der Waals surface area contributed by atoms with E-state index < -0.39 is 12.0 Å². The molecule has 1 heterocycles. The molecule has 5 heteroatoms. The molecule has 0 aromatic heterocycles. The molecule has 5 nitrogen and oxygen atoms in total. The van der Waals surface area contributed by atoms with Crippen LogP contribution in [0.25, 0.3) is 0 Å². The Morgan fingerprint density at radius 1 is 1.39 bits per heavy atom. The van der Waals surface area contributed by atoms with Crippen LogP contribution in [-0.4, -0.2) is 28.7 Å². The smallest absolute Gasteiger partial charge is 0.322 e. The second-order valence-corrected chi connectivity index (χ2v) is 4.41. The quantitative estimate of drug-likeness (QED) is 0.777. The van der Waals surface area contributed by atoms with Crippen molar-refractivity contribution in [2.45, 2.75) is 31.9 Å². The summed E-state index contributed by atoms with van der Waals surface area (Å²) >= 11 is 0. The fourth-order valence-electron chi connectivity index (χ4n) is 2.07. The predicted molar refractivity (Wildman–Crippen MR) is 66.3 cm³/mol. The molecule has 0 spiro atoms. The van der Waals surface area contributed by atoms with Gasteiger partial charge in [0.15, 0.2) is 0 Å². The third-order valence-corrected chi connectivity index (χ3v) is 3.05. The van der Waals surface area contributed by atoms with E-state index in [2.05, 4.69) is 5.59 Å². The normalized spacial score (nSPS) is 20.8. The first-order valence-electron chi connectivity index (χ1n) is 6.18. The number of carboxylic acid groups (broad SMARTS) is 1. The van der Waals surface area contributed by atoms with Gasteiger partial charge in [-0.25, -0.2) is 5.01 Å². The van der Waals surface area contributed by atoms with Crippen molar-refractivity contribution in [3.8, 4) is 0 Å². The summed E-state index contributed by atoms with van der Waals surface area (Å²) in [6.45, 7) is 1.12. The van der Waals surface area contributed by atoms with Crippen LogP contribution in [0.4, 0.5) is 0 Å². The molecule has 0 amide bonds. The third kappa shape index (κ3) is 3.53. The van der Waals surface area contributed by atoms with Gasteiger partial charge in [0.25, 0.3) is 0 Å². The fourth-order valence-corrected chi connectivity index (χ4v) is 2.07. The number of carbonyl (C=O) groups is 1. The van der Waals surface area contributed by atoms with Crippen molar-refractivity contribution < 1.29 is 14.7 Å². The lowest BCUT2D eigenvalue weighted by Crippen LogP contribution is -2.51. The molecule has 0 radical (unpaired) electrons. The van der Waals surface area contributed by atoms with E-state index in [4.69, 9.17) is 9.94 Å². The van der Waals surface area contributed by atoms with Crippen molar-refractivity contribution in [2.24, 2.45) is 0 Å². The molecular weight excluding hydrogens is 232 g/mol. The zero-order valence-electron chi connectivity index (χ0n) is 10.2. The van der Waals surface area contributed by atoms with Crippen LogP contribution < -0.4 is 5.59 Å². The first kappa shape index (κ1) is 13.0. The van der Waals surface area contributed by atoms with E-state index in [9.17, 15) is 4.79 Å². The lowest BCUT2D eigenvalue weighted by atomic mass is 10.0. The molecule has 1 aromatic carbocycles. The topological polar surface area (TPSA) is 61.8 Å². The van der Waals surface area contributed by atoms with E-state index in [0.29, 0.717) is 19.6 Å². The number of piperidine rings is 1. The minimum Gasteiger partial charge on any atom is -0.480 e. The van der Waals surface area contributed by atoms with Crippen LogP contribution in [0.5, 0.6) is 0 Å². The summed E-state index contributed by atoms with van der Waals surface area (Å²) in [7, 11) is 0. The molecule has 1 fully saturated rings. The van der Waals surface area contributed by atoms with Crippen LogP contribution in [0, 0.1) is 0 Å². The van der Waals surface area contributed by atoms with Crippen LogP contribution in [0.3, 0.4) is 0 Å².